The van der Waals surface area contributed by atoms with Crippen LogP contribution in [0.1, 0.15) is 41.7 Å². The molecule has 0 bridgehead atoms. The second-order valence-electron chi connectivity index (χ2n) is 8.20. The van der Waals surface area contributed by atoms with E-state index in [1.807, 2.05) is 47.1 Å². The molecular formula is C24H24N8OS. The van der Waals surface area contributed by atoms with Crippen molar-refractivity contribution >= 4 is 34.6 Å². The number of carbonyl (C=O) groups excluding carboxylic acids is 1. The van der Waals surface area contributed by atoms with Crippen LogP contribution in [0.3, 0.4) is 0 Å². The van der Waals surface area contributed by atoms with Crippen molar-refractivity contribution in [2.75, 3.05) is 10.2 Å². The van der Waals surface area contributed by atoms with Crippen LogP contribution in [0, 0.1) is 13.8 Å². The van der Waals surface area contributed by atoms with Crippen molar-refractivity contribution < 1.29 is 4.79 Å². The van der Waals surface area contributed by atoms with E-state index in [1.54, 1.807) is 18.9 Å². The van der Waals surface area contributed by atoms with E-state index in [0.29, 0.717) is 5.11 Å². The number of thiocarbonyl (C=S) groups is 1. The Bertz CT molecular complexity index is 1330. The van der Waals surface area contributed by atoms with Gasteiger partial charge >= 0.3 is 0 Å². The van der Waals surface area contributed by atoms with E-state index in [0.717, 1.165) is 34.0 Å². The zero-order valence-corrected chi connectivity index (χ0v) is 19.8. The molecule has 9 nitrogen and oxygen atoms in total. The fraction of sp³-hybridized carbons (Fsp3) is 0.208. The summed E-state index contributed by atoms with van der Waals surface area (Å²) >= 11 is 5.83. The maximum Gasteiger partial charge on any atom is 0.221 e. The quantitative estimate of drug-likeness (QED) is 0.429. The number of aryl methyl sites for hydroxylation is 1. The van der Waals surface area contributed by atoms with Crippen LogP contribution < -0.4 is 15.5 Å². The van der Waals surface area contributed by atoms with Gasteiger partial charge in [0.15, 0.2) is 5.11 Å². The lowest BCUT2D eigenvalue weighted by molar-refractivity contribution is -0.114. The number of benzene rings is 1. The van der Waals surface area contributed by atoms with E-state index in [1.165, 1.54) is 6.92 Å². The molecular weight excluding hydrogens is 448 g/mol. The SMILES string of the molecule is CC(=O)Nc1ccc(N2C(=S)N[C@H](c3ccccn3)[C@H]2c2cc(C)n(-n3cnnc3)c2C)cc1. The van der Waals surface area contributed by atoms with Gasteiger partial charge in [-0.1, -0.05) is 6.07 Å². The number of carbonyl (C=O) groups is 1. The summed E-state index contributed by atoms with van der Waals surface area (Å²) in [6, 6.07) is 15.5. The van der Waals surface area contributed by atoms with E-state index in [4.69, 9.17) is 12.2 Å². The second-order valence-corrected chi connectivity index (χ2v) is 8.59. The average molecular weight is 473 g/mol. The lowest BCUT2D eigenvalue weighted by Crippen LogP contribution is -2.29. The van der Waals surface area contributed by atoms with Crippen LogP contribution in [-0.4, -0.2) is 35.6 Å². The van der Waals surface area contributed by atoms with Crippen molar-refractivity contribution in [2.45, 2.75) is 32.9 Å². The normalized spacial score (nSPS) is 17.6. The third-order valence-corrected chi connectivity index (χ3v) is 6.27. The van der Waals surface area contributed by atoms with Gasteiger partial charge in [-0.2, -0.15) is 0 Å². The molecule has 172 valence electrons. The minimum absolute atomic E-state index is 0.111. The summed E-state index contributed by atoms with van der Waals surface area (Å²) in [5.74, 6) is -0.111. The van der Waals surface area contributed by atoms with Crippen molar-refractivity contribution in [1.82, 2.24) is 29.9 Å². The standard InChI is InChI=1S/C24H24N8OS/c1-15-12-20(16(2)32(15)30-13-26-27-14-30)23-22(21-6-4-5-11-25-21)29-24(34)31(23)19-9-7-18(8-10-19)28-17(3)33/h4-14,22-23H,1-3H3,(H,28,33)(H,29,34)/t22-,23-/m1/s1. The maximum absolute atomic E-state index is 11.4. The van der Waals surface area contributed by atoms with Crippen LogP contribution in [0.5, 0.6) is 0 Å². The van der Waals surface area contributed by atoms with Crippen LogP contribution >= 0.6 is 12.2 Å². The third kappa shape index (κ3) is 3.81. The number of hydrogen-bond donors (Lipinski definition) is 2. The van der Waals surface area contributed by atoms with Crippen LogP contribution in [0.4, 0.5) is 11.4 Å². The third-order valence-electron chi connectivity index (χ3n) is 5.95. The molecule has 0 saturated carbocycles. The summed E-state index contributed by atoms with van der Waals surface area (Å²) in [5, 5.41) is 14.8. The van der Waals surface area contributed by atoms with Gasteiger partial charge in [0.05, 0.1) is 17.8 Å². The fourth-order valence-corrected chi connectivity index (χ4v) is 4.93. The molecule has 5 rings (SSSR count). The van der Waals surface area contributed by atoms with Gasteiger partial charge in [-0.15, -0.1) is 10.2 Å². The maximum atomic E-state index is 11.4. The second kappa shape index (κ2) is 8.71. The molecule has 1 fully saturated rings. The van der Waals surface area contributed by atoms with E-state index in [9.17, 15) is 4.79 Å². The first-order valence-corrected chi connectivity index (χ1v) is 11.3. The van der Waals surface area contributed by atoms with Crippen molar-refractivity contribution in [3.63, 3.8) is 0 Å². The summed E-state index contributed by atoms with van der Waals surface area (Å²) in [6.07, 6.45) is 5.15. The Labute approximate surface area is 202 Å². The largest absolute Gasteiger partial charge is 0.351 e. The van der Waals surface area contributed by atoms with E-state index >= 15 is 0 Å². The number of nitrogens with zero attached hydrogens (tertiary/aromatic N) is 6. The Kier molecular flexibility index (Phi) is 5.58. The average Bonchev–Trinajstić information content (AvgIpc) is 3.52. The summed E-state index contributed by atoms with van der Waals surface area (Å²) in [4.78, 5) is 18.2. The van der Waals surface area contributed by atoms with Crippen LogP contribution in [0.15, 0.2) is 67.4 Å². The topological polar surface area (TPSA) is 92.9 Å². The van der Waals surface area contributed by atoms with Gasteiger partial charge in [0.25, 0.3) is 0 Å². The highest BCUT2D eigenvalue weighted by Gasteiger charge is 2.42. The predicted molar refractivity (Wildman–Crippen MR) is 133 cm³/mol. The first-order chi connectivity index (χ1) is 16.4. The van der Waals surface area contributed by atoms with Gasteiger partial charge in [0.2, 0.25) is 5.91 Å². The molecule has 0 radical (unpaired) electrons. The molecule has 1 aliphatic rings. The summed E-state index contributed by atoms with van der Waals surface area (Å²) in [6.45, 7) is 5.63. The molecule has 0 aliphatic carbocycles. The Balaban J connectivity index is 1.62. The van der Waals surface area contributed by atoms with Gasteiger partial charge in [0.1, 0.15) is 12.7 Å². The molecule has 1 saturated heterocycles. The lowest BCUT2D eigenvalue weighted by atomic mass is 9.96. The van der Waals surface area contributed by atoms with Gasteiger partial charge in [0, 0.05) is 41.4 Å². The van der Waals surface area contributed by atoms with E-state index in [2.05, 4.69) is 55.3 Å². The zero-order chi connectivity index (χ0) is 23.8. The Hall–Kier alpha value is -4.05. The number of amides is 1. The molecule has 2 N–H and O–H groups in total. The summed E-state index contributed by atoms with van der Waals surface area (Å²) in [7, 11) is 0. The minimum Gasteiger partial charge on any atom is -0.351 e. The number of nitrogens with one attached hydrogen (secondary N) is 2. The van der Waals surface area contributed by atoms with Gasteiger partial charge < -0.3 is 15.5 Å². The molecule has 1 aliphatic heterocycles. The Morgan fingerprint density at radius 1 is 1.09 bits per heavy atom. The Morgan fingerprint density at radius 2 is 1.82 bits per heavy atom. The molecule has 34 heavy (non-hydrogen) atoms. The molecule has 0 spiro atoms. The van der Waals surface area contributed by atoms with Crippen molar-refractivity contribution in [3.8, 4) is 0 Å². The molecule has 4 aromatic rings. The highest BCUT2D eigenvalue weighted by atomic mass is 32.1. The number of hydrogen-bond acceptors (Lipinski definition) is 5. The lowest BCUT2D eigenvalue weighted by Gasteiger charge is -2.28. The molecule has 10 heteroatoms. The first kappa shape index (κ1) is 21.8. The van der Waals surface area contributed by atoms with E-state index in [-0.39, 0.29) is 18.0 Å². The highest BCUT2D eigenvalue weighted by Crippen LogP contribution is 2.43. The molecule has 4 heterocycles. The summed E-state index contributed by atoms with van der Waals surface area (Å²) in [5.41, 5.74) is 5.77. The summed E-state index contributed by atoms with van der Waals surface area (Å²) < 4.78 is 3.93. The minimum atomic E-state index is -0.154. The molecule has 2 atom stereocenters. The molecule has 0 unspecified atom stereocenters. The van der Waals surface area contributed by atoms with Gasteiger partial charge in [-0.05, 0) is 68.5 Å². The monoisotopic (exact) mass is 472 g/mol. The first-order valence-electron chi connectivity index (χ1n) is 10.9. The van der Waals surface area contributed by atoms with Crippen LogP contribution in [-0.2, 0) is 4.79 Å². The van der Waals surface area contributed by atoms with E-state index < -0.39 is 0 Å². The Morgan fingerprint density at radius 3 is 2.47 bits per heavy atom. The van der Waals surface area contributed by atoms with Crippen molar-refractivity contribution in [3.05, 3.63) is 90.0 Å². The van der Waals surface area contributed by atoms with Crippen LogP contribution in [0.2, 0.25) is 0 Å². The number of pyridine rings is 1. The van der Waals surface area contributed by atoms with Gasteiger partial charge in [-0.25, -0.2) is 4.68 Å². The van der Waals surface area contributed by atoms with Crippen molar-refractivity contribution in [1.29, 1.82) is 0 Å². The van der Waals surface area contributed by atoms with Crippen molar-refractivity contribution in [2.24, 2.45) is 0 Å². The predicted octanol–water partition coefficient (Wildman–Crippen LogP) is 3.54. The zero-order valence-electron chi connectivity index (χ0n) is 19.0. The number of rotatable bonds is 5. The molecule has 3 aromatic heterocycles. The molecule has 1 aromatic carbocycles. The fourth-order valence-electron chi connectivity index (χ4n) is 4.59. The smallest absolute Gasteiger partial charge is 0.221 e. The van der Waals surface area contributed by atoms with Gasteiger partial charge in [-0.3, -0.25) is 14.5 Å². The van der Waals surface area contributed by atoms with Crippen LogP contribution in [0.25, 0.3) is 0 Å². The highest BCUT2D eigenvalue weighted by molar-refractivity contribution is 7.80. The number of anilines is 2. The number of aromatic nitrogens is 5. The molecule has 1 amide bonds.